The lowest BCUT2D eigenvalue weighted by atomic mass is 9.93. The number of piperazine rings is 1. The van der Waals surface area contributed by atoms with Gasteiger partial charge in [0.1, 0.15) is 11.9 Å². The fourth-order valence-corrected chi connectivity index (χ4v) is 9.18. The second-order valence-corrected chi connectivity index (χ2v) is 16.4. The predicted molar refractivity (Wildman–Crippen MR) is 222 cm³/mol. The molecule has 57 heavy (non-hydrogen) atoms. The van der Waals surface area contributed by atoms with Gasteiger partial charge >= 0.3 is 12.1 Å². The Labute approximate surface area is 338 Å². The molecule has 4 aromatic rings. The maximum absolute atomic E-state index is 13.4. The summed E-state index contributed by atoms with van der Waals surface area (Å²) in [5, 5.41) is 20.9. The number of hydrogen-bond acceptors (Lipinski definition) is 9. The Hall–Kier alpha value is -5.39. The molecule has 2 aromatic heterocycles. The molecule has 5 amide bonds. The predicted octanol–water partition coefficient (Wildman–Crippen LogP) is 6.48. The Kier molecular flexibility index (Phi) is 11.2. The lowest BCUT2D eigenvalue weighted by Gasteiger charge is -2.45. The number of imide groups is 1. The molecule has 14 nitrogen and oxygen atoms in total. The molecule has 4 aliphatic heterocycles. The lowest BCUT2D eigenvalue weighted by molar-refractivity contribution is -0.120. The van der Waals surface area contributed by atoms with E-state index in [0.29, 0.717) is 54.3 Å². The molecule has 8 rings (SSSR count). The minimum atomic E-state index is -0.375. The number of anilines is 4. The van der Waals surface area contributed by atoms with Gasteiger partial charge < -0.3 is 24.9 Å². The van der Waals surface area contributed by atoms with Crippen molar-refractivity contribution in [3.63, 3.8) is 0 Å². The van der Waals surface area contributed by atoms with E-state index in [9.17, 15) is 19.6 Å². The maximum atomic E-state index is 13.4. The fraction of sp³-hybridized carbons (Fsp3) is 0.476. The maximum Gasteiger partial charge on any atom is 0.328 e. The number of nitrogens with one attached hydrogen (secondary N) is 2. The van der Waals surface area contributed by atoms with Crippen LogP contribution in [0, 0.1) is 17.2 Å². The highest BCUT2D eigenvalue weighted by Gasteiger charge is 2.33. The van der Waals surface area contributed by atoms with Crippen LogP contribution in [0.4, 0.5) is 32.5 Å². The van der Waals surface area contributed by atoms with Crippen LogP contribution in [0.15, 0.2) is 60.9 Å². The van der Waals surface area contributed by atoms with Gasteiger partial charge in [-0.3, -0.25) is 19.7 Å². The summed E-state index contributed by atoms with van der Waals surface area (Å²) in [6.45, 7) is 10.8. The van der Waals surface area contributed by atoms with Gasteiger partial charge in [0.05, 0.1) is 45.9 Å². The highest BCUT2D eigenvalue weighted by atomic mass is 35.5. The highest BCUT2D eigenvalue weighted by molar-refractivity contribution is 6.32. The first-order valence-electron chi connectivity index (χ1n) is 20.2. The molecule has 0 radical (unpaired) electrons. The lowest BCUT2D eigenvalue weighted by Crippen LogP contribution is -2.59. The topological polar surface area (TPSA) is 146 Å². The Morgan fingerprint density at radius 3 is 2.49 bits per heavy atom. The van der Waals surface area contributed by atoms with Crippen molar-refractivity contribution in [2.75, 3.05) is 72.4 Å². The Morgan fingerprint density at radius 2 is 1.77 bits per heavy atom. The number of carbonyl (C=O) groups is 3. The minimum absolute atomic E-state index is 0.0266. The van der Waals surface area contributed by atoms with Gasteiger partial charge in [-0.05, 0) is 101 Å². The van der Waals surface area contributed by atoms with E-state index in [1.807, 2.05) is 54.4 Å². The van der Waals surface area contributed by atoms with E-state index in [1.54, 1.807) is 17.2 Å². The molecule has 0 unspecified atom stereocenters. The number of amides is 5. The zero-order chi connectivity index (χ0) is 39.6. The van der Waals surface area contributed by atoms with Crippen molar-refractivity contribution < 1.29 is 14.4 Å². The Morgan fingerprint density at radius 1 is 0.965 bits per heavy atom. The fourth-order valence-electron chi connectivity index (χ4n) is 8.96. The highest BCUT2D eigenvalue weighted by Crippen LogP contribution is 2.33. The third-order valence-corrected chi connectivity index (χ3v) is 12.6. The molecule has 0 bridgehead atoms. The van der Waals surface area contributed by atoms with Crippen LogP contribution in [-0.4, -0.2) is 107 Å². The van der Waals surface area contributed by atoms with Crippen LogP contribution in [0.3, 0.4) is 0 Å². The minimum Gasteiger partial charge on any atom is -0.365 e. The number of piperidine rings is 2. The zero-order valence-corrected chi connectivity index (χ0v) is 33.4. The van der Waals surface area contributed by atoms with E-state index in [-0.39, 0.29) is 30.1 Å². The molecule has 298 valence electrons. The molecule has 2 N–H and O–H groups in total. The second-order valence-electron chi connectivity index (χ2n) is 16.0. The van der Waals surface area contributed by atoms with E-state index >= 15 is 0 Å². The van der Waals surface area contributed by atoms with Crippen molar-refractivity contribution in [1.29, 1.82) is 5.26 Å². The standard InChI is InChI=1S/C42H50ClN11O3/c1-28-27-53(29(2)26-52(28)34-8-6-31(23-44)36(43)22-34)41(56)47-32-7-9-39(45-24-32)50-19-11-30(12-20-50)10-16-49-17-13-33(14-18-49)54-38-5-3-4-37(35(38)25-46-54)51-21-15-40(55)48-42(51)57/h3-9,22,24-25,28-30,33H,10-21,26-27H2,1-2H3,(H,47,56)(H,48,55,57)/t28-,29+/m1/s1. The van der Waals surface area contributed by atoms with Crippen molar-refractivity contribution >= 4 is 63.4 Å². The molecule has 6 heterocycles. The molecule has 2 atom stereocenters. The van der Waals surface area contributed by atoms with E-state index in [1.165, 1.54) is 6.42 Å². The summed E-state index contributed by atoms with van der Waals surface area (Å²) in [6, 6.07) is 17.4. The number of nitriles is 1. The van der Waals surface area contributed by atoms with Crippen molar-refractivity contribution in [2.45, 2.75) is 70.5 Å². The van der Waals surface area contributed by atoms with Crippen LogP contribution >= 0.6 is 11.6 Å². The van der Waals surface area contributed by atoms with Crippen molar-refractivity contribution in [2.24, 2.45) is 5.92 Å². The van der Waals surface area contributed by atoms with E-state index in [0.717, 1.165) is 86.5 Å². The number of likely N-dealkylation sites (tertiary alicyclic amines) is 1. The van der Waals surface area contributed by atoms with Crippen LogP contribution < -0.4 is 25.3 Å². The van der Waals surface area contributed by atoms with Gasteiger partial charge in [-0.25, -0.2) is 14.6 Å². The largest absolute Gasteiger partial charge is 0.365 e. The number of hydrogen-bond donors (Lipinski definition) is 2. The molecule has 15 heteroatoms. The van der Waals surface area contributed by atoms with E-state index < -0.39 is 0 Å². The van der Waals surface area contributed by atoms with Gasteiger partial charge in [-0.2, -0.15) is 10.4 Å². The normalized spacial score (nSPS) is 21.5. The first-order chi connectivity index (χ1) is 27.6. The molecular formula is C42H50ClN11O3. The smallest absolute Gasteiger partial charge is 0.328 e. The number of nitrogens with zero attached hydrogens (tertiary/aromatic N) is 9. The van der Waals surface area contributed by atoms with Gasteiger partial charge in [0.25, 0.3) is 0 Å². The number of halogens is 1. The summed E-state index contributed by atoms with van der Waals surface area (Å²) in [5.74, 6) is 1.39. The van der Waals surface area contributed by atoms with Gasteiger partial charge in [-0.15, -0.1) is 0 Å². The average Bonchev–Trinajstić information content (AvgIpc) is 3.66. The molecule has 4 aliphatic rings. The molecule has 0 spiro atoms. The first kappa shape index (κ1) is 38.5. The summed E-state index contributed by atoms with van der Waals surface area (Å²) >= 11 is 6.31. The number of urea groups is 2. The van der Waals surface area contributed by atoms with Crippen molar-refractivity contribution in [1.82, 2.24) is 29.9 Å². The average molecular weight is 792 g/mol. The van der Waals surface area contributed by atoms with Crippen LogP contribution in [0.25, 0.3) is 10.9 Å². The van der Waals surface area contributed by atoms with Crippen LogP contribution in [0.5, 0.6) is 0 Å². The second kappa shape index (κ2) is 16.6. The quantitative estimate of drug-likeness (QED) is 0.205. The first-order valence-corrected chi connectivity index (χ1v) is 20.6. The van der Waals surface area contributed by atoms with Crippen LogP contribution in [0.2, 0.25) is 5.02 Å². The van der Waals surface area contributed by atoms with E-state index in [4.69, 9.17) is 21.7 Å². The van der Waals surface area contributed by atoms with Gasteiger partial charge in [0.15, 0.2) is 0 Å². The Bertz CT molecular complexity index is 2150. The summed E-state index contributed by atoms with van der Waals surface area (Å²) in [7, 11) is 0. The molecular weight excluding hydrogens is 742 g/mol. The van der Waals surface area contributed by atoms with Gasteiger partial charge in [-0.1, -0.05) is 17.7 Å². The van der Waals surface area contributed by atoms with Crippen molar-refractivity contribution in [3.05, 3.63) is 71.5 Å². The zero-order valence-electron chi connectivity index (χ0n) is 32.6. The van der Waals surface area contributed by atoms with Gasteiger partial charge in [0.2, 0.25) is 5.91 Å². The number of carbonyl (C=O) groups excluding carboxylic acids is 3. The van der Waals surface area contributed by atoms with Gasteiger partial charge in [0, 0.05) is 75.4 Å². The molecule has 2 aromatic carbocycles. The number of rotatable bonds is 8. The summed E-state index contributed by atoms with van der Waals surface area (Å²) in [4.78, 5) is 53.0. The molecule has 0 saturated carbocycles. The number of aromatic nitrogens is 3. The third-order valence-electron chi connectivity index (χ3n) is 12.3. The molecule has 4 fully saturated rings. The number of fused-ring (bicyclic) bond motifs is 1. The number of benzene rings is 2. The number of pyridine rings is 1. The van der Waals surface area contributed by atoms with Crippen LogP contribution in [-0.2, 0) is 4.79 Å². The third kappa shape index (κ3) is 8.22. The monoisotopic (exact) mass is 791 g/mol. The summed E-state index contributed by atoms with van der Waals surface area (Å²) in [5.41, 5.74) is 3.90. The van der Waals surface area contributed by atoms with E-state index in [2.05, 4.69) is 49.1 Å². The summed E-state index contributed by atoms with van der Waals surface area (Å²) < 4.78 is 2.13. The SMILES string of the molecule is C[C@@H]1CN(C(=O)Nc2ccc(N3CCC(CCN4CCC(n5ncc6c(N7CCC(=O)NC7=O)cccc65)CC4)CC3)nc2)[C@@H](C)CN1c1ccc(C#N)c(Cl)c1. The van der Waals surface area contributed by atoms with Crippen LogP contribution in [0.1, 0.15) is 64.0 Å². The summed E-state index contributed by atoms with van der Waals surface area (Å²) in [6.07, 6.45) is 9.44. The van der Waals surface area contributed by atoms with Crippen molar-refractivity contribution in [3.8, 4) is 6.07 Å². The molecule has 0 aliphatic carbocycles. The molecule has 4 saturated heterocycles. The Balaban J connectivity index is 0.767.